The number of fused-ring (bicyclic) bond motifs is 1. The van der Waals surface area contributed by atoms with Crippen molar-refractivity contribution in [3.63, 3.8) is 0 Å². The third-order valence-corrected chi connectivity index (χ3v) is 6.02. The van der Waals surface area contributed by atoms with Crippen molar-refractivity contribution in [2.24, 2.45) is 0 Å². The summed E-state index contributed by atoms with van der Waals surface area (Å²) in [6.07, 6.45) is 4.69. The zero-order valence-electron chi connectivity index (χ0n) is 21.0. The van der Waals surface area contributed by atoms with Crippen LogP contribution in [0.3, 0.4) is 0 Å². The molecule has 0 aliphatic heterocycles. The molecule has 0 radical (unpaired) electrons. The van der Waals surface area contributed by atoms with Gasteiger partial charge in [0.2, 0.25) is 0 Å². The number of anilines is 1. The van der Waals surface area contributed by atoms with Gasteiger partial charge in [-0.15, -0.1) is 0 Å². The molecule has 3 aromatic heterocycles. The van der Waals surface area contributed by atoms with Crippen molar-refractivity contribution in [2.45, 2.75) is 38.1 Å². The lowest BCUT2D eigenvalue weighted by molar-refractivity contribution is -0.00177. The normalized spacial score (nSPS) is 13.1. The highest BCUT2D eigenvalue weighted by Crippen LogP contribution is 2.27. The molecule has 11 heteroatoms. The van der Waals surface area contributed by atoms with E-state index >= 15 is 0 Å². The van der Waals surface area contributed by atoms with E-state index in [1.54, 1.807) is 18.5 Å². The first-order valence-electron chi connectivity index (χ1n) is 12.0. The van der Waals surface area contributed by atoms with Crippen molar-refractivity contribution >= 4 is 17.2 Å². The Hall–Kier alpha value is -4.40. The van der Waals surface area contributed by atoms with Crippen molar-refractivity contribution in [3.8, 4) is 17.3 Å². The van der Waals surface area contributed by atoms with Crippen molar-refractivity contribution in [1.29, 1.82) is 5.26 Å². The Morgan fingerprint density at radius 3 is 2.66 bits per heavy atom. The van der Waals surface area contributed by atoms with Gasteiger partial charge in [0.1, 0.15) is 12.2 Å². The highest BCUT2D eigenvalue weighted by molar-refractivity contribution is 6.00. The van der Waals surface area contributed by atoms with Gasteiger partial charge in [-0.3, -0.25) is 9.78 Å². The van der Waals surface area contributed by atoms with Gasteiger partial charge >= 0.3 is 0 Å². The molecule has 2 unspecified atom stereocenters. The number of alkyl halides is 1. The van der Waals surface area contributed by atoms with Crippen LogP contribution >= 0.6 is 0 Å². The molecule has 0 bridgehead atoms. The van der Waals surface area contributed by atoms with Crippen molar-refractivity contribution < 1.29 is 19.4 Å². The van der Waals surface area contributed by atoms with E-state index in [1.807, 2.05) is 36.4 Å². The molecule has 2 atom stereocenters. The molecule has 1 amide bonds. The Morgan fingerprint density at radius 1 is 1.21 bits per heavy atom. The summed E-state index contributed by atoms with van der Waals surface area (Å²) in [7, 11) is 0. The molecule has 0 spiro atoms. The summed E-state index contributed by atoms with van der Waals surface area (Å²) in [4.78, 5) is 21.8. The topological polar surface area (TPSA) is 148 Å². The Kier molecular flexibility index (Phi) is 7.95. The number of amides is 1. The zero-order chi connectivity index (χ0) is 27.3. The zero-order valence-corrected chi connectivity index (χ0v) is 21.0. The van der Waals surface area contributed by atoms with Crippen LogP contribution in [0.4, 0.5) is 10.1 Å². The fourth-order valence-corrected chi connectivity index (χ4v) is 3.82. The number of pyridine rings is 1. The van der Waals surface area contributed by atoms with Crippen LogP contribution in [0.15, 0.2) is 61.2 Å². The summed E-state index contributed by atoms with van der Waals surface area (Å²) in [5, 5.41) is 39.1. The number of carbonyl (C=O) groups is 1. The van der Waals surface area contributed by atoms with Gasteiger partial charge in [-0.1, -0.05) is 30.3 Å². The van der Waals surface area contributed by atoms with Crippen LogP contribution in [0.25, 0.3) is 16.9 Å². The number of benzene rings is 1. The van der Waals surface area contributed by atoms with Crippen molar-refractivity contribution in [2.75, 3.05) is 18.5 Å². The summed E-state index contributed by atoms with van der Waals surface area (Å²) in [6.45, 7) is 2.04. The Labute approximate surface area is 218 Å². The summed E-state index contributed by atoms with van der Waals surface area (Å²) >= 11 is 0. The summed E-state index contributed by atoms with van der Waals surface area (Å²) < 4.78 is 15.7. The van der Waals surface area contributed by atoms with Crippen LogP contribution in [0.2, 0.25) is 0 Å². The first kappa shape index (κ1) is 26.7. The number of hydrogen-bond donors (Lipinski definition) is 4. The molecular weight excluding hydrogens is 489 g/mol. The molecule has 0 saturated carbocycles. The smallest absolute Gasteiger partial charge is 0.255 e. The van der Waals surface area contributed by atoms with Gasteiger partial charge in [-0.25, -0.2) is 13.9 Å². The van der Waals surface area contributed by atoms with Gasteiger partial charge in [-0.05, 0) is 31.9 Å². The molecule has 4 rings (SSSR count). The van der Waals surface area contributed by atoms with Crippen molar-refractivity contribution in [3.05, 3.63) is 77.9 Å². The number of aliphatic hydroxyl groups excluding tert-OH is 1. The molecule has 10 nitrogen and oxygen atoms in total. The standard InChI is InChI=1S/C27H28FN7O3/c1-27(2,38)24(28)14-32-26(37)21-12-30-22(20-13-33-35-15-18(10-29)11-31-25(20)35)9-23(21)34-19(16-36)8-17-6-4-3-5-7-17/h3-7,9,11-13,15,19,24,36,38H,8,14,16H2,1-2H3,(H,30,34)(H,32,37). The van der Waals surface area contributed by atoms with Crippen LogP contribution in [-0.4, -0.2) is 66.7 Å². The average molecular weight is 518 g/mol. The van der Waals surface area contributed by atoms with E-state index in [1.165, 1.54) is 30.8 Å². The molecule has 1 aromatic carbocycles. The number of hydrogen-bond acceptors (Lipinski definition) is 8. The summed E-state index contributed by atoms with van der Waals surface area (Å²) in [5.41, 5.74) is 1.72. The third kappa shape index (κ3) is 6.11. The minimum absolute atomic E-state index is 0.138. The predicted molar refractivity (Wildman–Crippen MR) is 139 cm³/mol. The van der Waals surface area contributed by atoms with E-state index in [4.69, 9.17) is 5.26 Å². The Balaban J connectivity index is 1.68. The number of nitrogens with one attached hydrogen (secondary N) is 2. The third-order valence-electron chi connectivity index (χ3n) is 6.02. The molecule has 0 saturated heterocycles. The van der Waals surface area contributed by atoms with E-state index < -0.39 is 30.3 Å². The van der Waals surface area contributed by atoms with Crippen LogP contribution in [0.1, 0.15) is 35.3 Å². The molecule has 0 aliphatic rings. The quantitative estimate of drug-likeness (QED) is 0.251. The summed E-state index contributed by atoms with van der Waals surface area (Å²) in [5.74, 6) is -0.591. The summed E-state index contributed by atoms with van der Waals surface area (Å²) in [6, 6.07) is 12.8. The van der Waals surface area contributed by atoms with E-state index in [-0.39, 0.29) is 12.2 Å². The number of nitrogens with zero attached hydrogens (tertiary/aromatic N) is 5. The monoisotopic (exact) mass is 517 g/mol. The fraction of sp³-hybridized carbons (Fsp3) is 0.296. The lowest BCUT2D eigenvalue weighted by atomic mass is 10.0. The van der Waals surface area contributed by atoms with E-state index in [0.717, 1.165) is 5.56 Å². The first-order chi connectivity index (χ1) is 18.2. The Bertz CT molecular complexity index is 1460. The molecular formula is C27H28FN7O3. The van der Waals surface area contributed by atoms with Crippen LogP contribution in [0.5, 0.6) is 0 Å². The second-order valence-corrected chi connectivity index (χ2v) is 9.44. The molecule has 4 aromatic rings. The number of halogens is 1. The number of rotatable bonds is 10. The molecule has 0 aliphatic carbocycles. The minimum atomic E-state index is -1.68. The number of aromatic nitrogens is 4. The second kappa shape index (κ2) is 11.3. The second-order valence-electron chi connectivity index (χ2n) is 9.44. The molecule has 3 heterocycles. The number of nitriles is 1. The van der Waals surface area contributed by atoms with Crippen LogP contribution in [-0.2, 0) is 6.42 Å². The van der Waals surface area contributed by atoms with Crippen molar-refractivity contribution in [1.82, 2.24) is 24.9 Å². The van der Waals surface area contributed by atoms with E-state index in [9.17, 15) is 19.4 Å². The van der Waals surface area contributed by atoms with E-state index in [2.05, 4.69) is 25.7 Å². The molecule has 196 valence electrons. The average Bonchev–Trinajstić information content (AvgIpc) is 3.34. The SMILES string of the molecule is CC(C)(O)C(F)CNC(=O)c1cnc(-c2cnn3cc(C#N)cnc23)cc1NC(CO)Cc1ccccc1. The maximum absolute atomic E-state index is 14.3. The molecule has 38 heavy (non-hydrogen) atoms. The molecule has 0 fully saturated rings. The highest BCUT2D eigenvalue weighted by atomic mass is 19.1. The fourth-order valence-electron chi connectivity index (χ4n) is 3.82. The van der Waals surface area contributed by atoms with Crippen LogP contribution < -0.4 is 10.6 Å². The molecule has 4 N–H and O–H groups in total. The first-order valence-corrected chi connectivity index (χ1v) is 12.0. The Morgan fingerprint density at radius 2 is 1.97 bits per heavy atom. The minimum Gasteiger partial charge on any atom is -0.394 e. The van der Waals surface area contributed by atoms with Gasteiger partial charge < -0.3 is 20.8 Å². The highest BCUT2D eigenvalue weighted by Gasteiger charge is 2.27. The van der Waals surface area contributed by atoms with Gasteiger partial charge in [0.05, 0.1) is 65.3 Å². The largest absolute Gasteiger partial charge is 0.394 e. The maximum atomic E-state index is 14.3. The van der Waals surface area contributed by atoms with Gasteiger partial charge in [0, 0.05) is 12.4 Å². The maximum Gasteiger partial charge on any atom is 0.255 e. The lowest BCUT2D eigenvalue weighted by Crippen LogP contribution is -2.42. The van der Waals surface area contributed by atoms with Crippen LogP contribution in [0, 0.1) is 11.3 Å². The predicted octanol–water partition coefficient (Wildman–Crippen LogP) is 2.52. The lowest BCUT2D eigenvalue weighted by Gasteiger charge is -2.23. The van der Waals surface area contributed by atoms with Gasteiger partial charge in [0.15, 0.2) is 5.65 Å². The van der Waals surface area contributed by atoms with E-state index in [0.29, 0.717) is 34.6 Å². The number of carbonyl (C=O) groups excluding carboxylic acids is 1. The van der Waals surface area contributed by atoms with Gasteiger partial charge in [0.25, 0.3) is 5.91 Å². The number of aliphatic hydroxyl groups is 2. The van der Waals surface area contributed by atoms with Gasteiger partial charge in [-0.2, -0.15) is 10.4 Å².